The van der Waals surface area contributed by atoms with Gasteiger partial charge in [-0.25, -0.2) is 0 Å². The molecule has 0 bridgehead atoms. The summed E-state index contributed by atoms with van der Waals surface area (Å²) in [5.41, 5.74) is 2.87. The molecule has 1 aromatic rings. The van der Waals surface area contributed by atoms with Crippen LogP contribution in [0.25, 0.3) is 0 Å². The maximum Gasteiger partial charge on any atom is 0.0856 e. The van der Waals surface area contributed by atoms with Gasteiger partial charge in [0.15, 0.2) is 0 Å². The van der Waals surface area contributed by atoms with Crippen LogP contribution in [0.4, 0.5) is 5.69 Å². The Bertz CT molecular complexity index is 455. The zero-order chi connectivity index (χ0) is 11.2. The average molecular weight is 211 g/mol. The van der Waals surface area contributed by atoms with Crippen molar-refractivity contribution in [1.29, 1.82) is 0 Å². The fraction of sp³-hybridized carbons (Fsp3) is 0.154. The summed E-state index contributed by atoms with van der Waals surface area (Å²) in [5.74, 6) is 0. The lowest BCUT2D eigenvalue weighted by atomic mass is 10.1. The molecule has 1 aromatic carbocycles. The summed E-state index contributed by atoms with van der Waals surface area (Å²) in [5, 5.41) is 8.36. The summed E-state index contributed by atoms with van der Waals surface area (Å²) in [6, 6.07) is 9.72. The molecular weight excluding hydrogens is 198 g/mol. The molecule has 0 fully saturated rings. The van der Waals surface area contributed by atoms with Gasteiger partial charge in [0.1, 0.15) is 0 Å². The molecule has 0 saturated carbocycles. The van der Waals surface area contributed by atoms with Gasteiger partial charge in [-0.1, -0.05) is 18.2 Å². The van der Waals surface area contributed by atoms with Gasteiger partial charge in [0.2, 0.25) is 0 Å². The van der Waals surface area contributed by atoms with Crippen LogP contribution in [0.3, 0.4) is 0 Å². The second kappa shape index (κ2) is 5.16. The second-order valence-electron chi connectivity index (χ2n) is 3.51. The van der Waals surface area contributed by atoms with E-state index in [-0.39, 0.29) is 0 Å². The fourth-order valence-electron chi connectivity index (χ4n) is 1.45. The first-order valence-corrected chi connectivity index (χ1v) is 5.22. The number of azo groups is 1. The number of allylic oxidation sites excluding steroid dienone is 4. The molecule has 0 atom stereocenters. The van der Waals surface area contributed by atoms with Crippen molar-refractivity contribution >= 4 is 12.4 Å². The molecular formula is C13H13N3. The van der Waals surface area contributed by atoms with Gasteiger partial charge in [-0.15, -0.1) is 0 Å². The van der Waals surface area contributed by atoms with Gasteiger partial charge in [0.25, 0.3) is 0 Å². The fourth-order valence-corrected chi connectivity index (χ4v) is 1.45. The average Bonchev–Trinajstić information content (AvgIpc) is 2.38. The summed E-state index contributed by atoms with van der Waals surface area (Å²) in [7, 11) is 0. The van der Waals surface area contributed by atoms with Crippen molar-refractivity contribution in [3.63, 3.8) is 0 Å². The summed E-state index contributed by atoms with van der Waals surface area (Å²) < 4.78 is 0. The number of rotatable bonds is 3. The molecule has 0 N–H and O–H groups in total. The first kappa shape index (κ1) is 10.5. The molecule has 1 aliphatic carbocycles. The number of hydrogen-bond acceptors (Lipinski definition) is 3. The van der Waals surface area contributed by atoms with Crippen molar-refractivity contribution in [2.75, 3.05) is 0 Å². The van der Waals surface area contributed by atoms with E-state index in [9.17, 15) is 0 Å². The van der Waals surface area contributed by atoms with Crippen LogP contribution in [-0.4, -0.2) is 6.72 Å². The minimum Gasteiger partial charge on any atom is -0.269 e. The normalized spacial score (nSPS) is 15.8. The molecule has 3 heteroatoms. The SMILES string of the molecule is C=NC1=CC=C(N=Nc2ccccc2)CC1. The van der Waals surface area contributed by atoms with Crippen molar-refractivity contribution in [3.05, 3.63) is 53.9 Å². The molecule has 0 amide bonds. The molecule has 0 unspecified atom stereocenters. The topological polar surface area (TPSA) is 37.1 Å². The molecule has 3 nitrogen and oxygen atoms in total. The Morgan fingerprint density at radius 3 is 2.19 bits per heavy atom. The third kappa shape index (κ3) is 2.73. The van der Waals surface area contributed by atoms with Crippen molar-refractivity contribution in [3.8, 4) is 0 Å². The van der Waals surface area contributed by atoms with Gasteiger partial charge < -0.3 is 0 Å². The van der Waals surface area contributed by atoms with Gasteiger partial charge in [-0.2, -0.15) is 10.2 Å². The summed E-state index contributed by atoms with van der Waals surface area (Å²) in [6.07, 6.45) is 5.65. The lowest BCUT2D eigenvalue weighted by Gasteiger charge is -2.06. The van der Waals surface area contributed by atoms with Gasteiger partial charge in [0, 0.05) is 5.70 Å². The highest BCUT2D eigenvalue weighted by Gasteiger charge is 2.03. The first-order valence-electron chi connectivity index (χ1n) is 5.22. The van der Waals surface area contributed by atoms with Crippen molar-refractivity contribution in [1.82, 2.24) is 0 Å². The molecule has 0 heterocycles. The highest BCUT2D eigenvalue weighted by atomic mass is 15.1. The van der Waals surface area contributed by atoms with Gasteiger partial charge >= 0.3 is 0 Å². The molecule has 0 radical (unpaired) electrons. The van der Waals surface area contributed by atoms with Crippen LogP contribution in [0, 0.1) is 0 Å². The Kier molecular flexibility index (Phi) is 3.38. The molecule has 1 aliphatic rings. The molecule has 0 aliphatic heterocycles. The van der Waals surface area contributed by atoms with E-state index in [1.807, 2.05) is 42.5 Å². The number of nitrogens with zero attached hydrogens (tertiary/aromatic N) is 3. The molecule has 0 aromatic heterocycles. The quantitative estimate of drug-likeness (QED) is 0.534. The zero-order valence-electron chi connectivity index (χ0n) is 9.00. The third-order valence-electron chi connectivity index (χ3n) is 2.36. The van der Waals surface area contributed by atoms with Crippen LogP contribution < -0.4 is 0 Å². The van der Waals surface area contributed by atoms with E-state index in [1.54, 1.807) is 0 Å². The van der Waals surface area contributed by atoms with E-state index in [0.717, 1.165) is 29.9 Å². The maximum atomic E-state index is 4.20. The van der Waals surface area contributed by atoms with E-state index in [2.05, 4.69) is 21.9 Å². The van der Waals surface area contributed by atoms with Crippen LogP contribution in [0.5, 0.6) is 0 Å². The van der Waals surface area contributed by atoms with Gasteiger partial charge in [-0.3, -0.25) is 4.99 Å². The van der Waals surface area contributed by atoms with Gasteiger partial charge in [-0.05, 0) is 43.8 Å². The van der Waals surface area contributed by atoms with Crippen molar-refractivity contribution < 1.29 is 0 Å². The van der Waals surface area contributed by atoms with E-state index < -0.39 is 0 Å². The Balaban J connectivity index is 2.06. The third-order valence-corrected chi connectivity index (χ3v) is 2.36. The predicted octanol–water partition coefficient (Wildman–Crippen LogP) is 4.03. The first-order chi connectivity index (χ1) is 7.88. The molecule has 80 valence electrons. The Morgan fingerprint density at radius 1 is 0.875 bits per heavy atom. The standard InChI is InChI=1S/C13H13N3/c1-14-11-7-9-13(10-8-11)16-15-12-5-3-2-4-6-12/h2-7,9H,1,8,10H2. The number of hydrogen-bond donors (Lipinski definition) is 0. The van der Waals surface area contributed by atoms with Gasteiger partial charge in [0.05, 0.1) is 11.4 Å². The van der Waals surface area contributed by atoms with Crippen LogP contribution in [-0.2, 0) is 0 Å². The highest BCUT2D eigenvalue weighted by molar-refractivity contribution is 5.36. The highest BCUT2D eigenvalue weighted by Crippen LogP contribution is 2.21. The smallest absolute Gasteiger partial charge is 0.0856 e. The summed E-state index contributed by atoms with van der Waals surface area (Å²) >= 11 is 0. The van der Waals surface area contributed by atoms with Crippen LogP contribution >= 0.6 is 0 Å². The zero-order valence-corrected chi connectivity index (χ0v) is 9.00. The van der Waals surface area contributed by atoms with E-state index in [4.69, 9.17) is 0 Å². The largest absolute Gasteiger partial charge is 0.269 e. The Hall–Kier alpha value is -2.03. The maximum absolute atomic E-state index is 4.20. The minimum absolute atomic E-state index is 0.875. The number of aliphatic imine (C=N–C) groups is 1. The van der Waals surface area contributed by atoms with Crippen LogP contribution in [0.2, 0.25) is 0 Å². The molecule has 16 heavy (non-hydrogen) atoms. The molecule has 0 saturated heterocycles. The predicted molar refractivity (Wildman–Crippen MR) is 65.9 cm³/mol. The van der Waals surface area contributed by atoms with E-state index in [1.165, 1.54) is 0 Å². The lowest BCUT2D eigenvalue weighted by molar-refractivity contribution is 0.863. The van der Waals surface area contributed by atoms with Crippen molar-refractivity contribution in [2.24, 2.45) is 15.2 Å². The minimum atomic E-state index is 0.875. The van der Waals surface area contributed by atoms with Crippen LogP contribution in [0.1, 0.15) is 12.8 Å². The second-order valence-corrected chi connectivity index (χ2v) is 3.51. The molecule has 0 spiro atoms. The van der Waals surface area contributed by atoms with Crippen molar-refractivity contribution in [2.45, 2.75) is 12.8 Å². The van der Waals surface area contributed by atoms with Crippen LogP contribution in [0.15, 0.2) is 69.1 Å². The summed E-state index contributed by atoms with van der Waals surface area (Å²) in [4.78, 5) is 3.89. The Morgan fingerprint density at radius 2 is 1.56 bits per heavy atom. The Labute approximate surface area is 94.9 Å². The summed E-state index contributed by atoms with van der Waals surface area (Å²) in [6.45, 7) is 3.50. The number of benzene rings is 1. The van der Waals surface area contributed by atoms with E-state index in [0.29, 0.717) is 0 Å². The van der Waals surface area contributed by atoms with E-state index >= 15 is 0 Å². The monoisotopic (exact) mass is 211 g/mol. The lowest BCUT2D eigenvalue weighted by Crippen LogP contribution is -1.88. The molecule has 2 rings (SSSR count).